The number of hydrogen-bond acceptors (Lipinski definition) is 5. The standard InChI is InChI=1S/C30H37N3O5S/c1-3-32-39(36,37)27-17-14-24(15-18-27)16-19-29(34)33(23-26-12-8-5-9-13-26)28(30(35)31-20-21-38-2)22-25-10-6-4-7-11-25/h4-15,17-18,28,32H,3,16,19-23H2,1-2H3,(H,31,35). The third-order valence-corrected chi connectivity index (χ3v) is 7.83. The lowest BCUT2D eigenvalue weighted by Gasteiger charge is -2.31. The first-order valence-electron chi connectivity index (χ1n) is 13.1. The van der Waals surface area contributed by atoms with Crippen molar-refractivity contribution in [1.82, 2.24) is 14.9 Å². The maximum absolute atomic E-state index is 13.7. The van der Waals surface area contributed by atoms with E-state index in [1.165, 1.54) is 0 Å². The summed E-state index contributed by atoms with van der Waals surface area (Å²) in [7, 11) is -1.97. The van der Waals surface area contributed by atoms with Gasteiger partial charge in [0.15, 0.2) is 0 Å². The molecule has 39 heavy (non-hydrogen) atoms. The number of sulfonamides is 1. The average Bonchev–Trinajstić information content (AvgIpc) is 2.95. The summed E-state index contributed by atoms with van der Waals surface area (Å²) < 4.78 is 32.0. The molecule has 0 aliphatic carbocycles. The van der Waals surface area contributed by atoms with Crippen molar-refractivity contribution in [2.24, 2.45) is 0 Å². The first-order chi connectivity index (χ1) is 18.8. The van der Waals surface area contributed by atoms with Crippen molar-refractivity contribution >= 4 is 21.8 Å². The Labute approximate surface area is 231 Å². The highest BCUT2D eigenvalue weighted by Gasteiger charge is 2.30. The molecule has 0 aromatic heterocycles. The Morgan fingerprint density at radius 2 is 1.49 bits per heavy atom. The Bertz CT molecular complexity index is 1280. The minimum atomic E-state index is -3.55. The maximum atomic E-state index is 13.7. The Hall–Kier alpha value is -3.53. The summed E-state index contributed by atoms with van der Waals surface area (Å²) in [6, 6.07) is 25.1. The lowest BCUT2D eigenvalue weighted by atomic mass is 10.0. The summed E-state index contributed by atoms with van der Waals surface area (Å²) >= 11 is 0. The second-order valence-electron chi connectivity index (χ2n) is 9.14. The van der Waals surface area contributed by atoms with Crippen molar-refractivity contribution in [2.75, 3.05) is 26.8 Å². The number of carbonyl (C=O) groups excluding carboxylic acids is 2. The van der Waals surface area contributed by atoms with Gasteiger partial charge in [-0.25, -0.2) is 13.1 Å². The van der Waals surface area contributed by atoms with Crippen LogP contribution in [0.15, 0.2) is 89.8 Å². The van der Waals surface area contributed by atoms with Crippen molar-refractivity contribution in [1.29, 1.82) is 0 Å². The number of benzene rings is 3. The summed E-state index contributed by atoms with van der Waals surface area (Å²) in [5.41, 5.74) is 2.71. The summed E-state index contributed by atoms with van der Waals surface area (Å²) in [6.07, 6.45) is 0.951. The van der Waals surface area contributed by atoms with Crippen LogP contribution >= 0.6 is 0 Å². The van der Waals surface area contributed by atoms with Crippen molar-refractivity contribution in [3.63, 3.8) is 0 Å². The molecule has 0 spiro atoms. The van der Waals surface area contributed by atoms with Gasteiger partial charge in [-0.1, -0.05) is 79.7 Å². The smallest absolute Gasteiger partial charge is 0.243 e. The Morgan fingerprint density at radius 1 is 0.872 bits per heavy atom. The van der Waals surface area contributed by atoms with Gasteiger partial charge in [-0.05, 0) is 35.2 Å². The maximum Gasteiger partial charge on any atom is 0.243 e. The van der Waals surface area contributed by atoms with Gasteiger partial charge in [0.05, 0.1) is 11.5 Å². The zero-order chi connectivity index (χ0) is 28.1. The van der Waals surface area contributed by atoms with Crippen LogP contribution in [0, 0.1) is 0 Å². The average molecular weight is 552 g/mol. The largest absolute Gasteiger partial charge is 0.383 e. The van der Waals surface area contributed by atoms with Gasteiger partial charge in [0.2, 0.25) is 21.8 Å². The van der Waals surface area contributed by atoms with Crippen LogP contribution in [0.4, 0.5) is 0 Å². The van der Waals surface area contributed by atoms with Crippen molar-refractivity contribution in [2.45, 2.75) is 43.7 Å². The molecule has 8 nitrogen and oxygen atoms in total. The summed E-state index contributed by atoms with van der Waals surface area (Å²) in [4.78, 5) is 28.9. The predicted molar refractivity (Wildman–Crippen MR) is 151 cm³/mol. The minimum absolute atomic E-state index is 0.161. The van der Waals surface area contributed by atoms with Crippen LogP contribution in [0.25, 0.3) is 0 Å². The quantitative estimate of drug-likeness (QED) is 0.282. The number of methoxy groups -OCH3 is 1. The Morgan fingerprint density at radius 3 is 2.08 bits per heavy atom. The van der Waals surface area contributed by atoms with E-state index >= 15 is 0 Å². The zero-order valence-electron chi connectivity index (χ0n) is 22.5. The fourth-order valence-electron chi connectivity index (χ4n) is 4.23. The van der Waals surface area contributed by atoms with Gasteiger partial charge in [0.1, 0.15) is 6.04 Å². The molecule has 1 atom stereocenters. The molecule has 0 saturated carbocycles. The minimum Gasteiger partial charge on any atom is -0.383 e. The number of hydrogen-bond donors (Lipinski definition) is 2. The van der Waals surface area contributed by atoms with Crippen molar-refractivity contribution in [3.8, 4) is 0 Å². The molecule has 0 radical (unpaired) electrons. The molecule has 0 heterocycles. The van der Waals surface area contributed by atoms with E-state index in [0.29, 0.717) is 32.5 Å². The number of amides is 2. The van der Waals surface area contributed by atoms with Gasteiger partial charge < -0.3 is 15.0 Å². The van der Waals surface area contributed by atoms with Crippen LogP contribution in [0.1, 0.15) is 30.0 Å². The molecule has 1 unspecified atom stereocenters. The van der Waals surface area contributed by atoms with E-state index in [-0.39, 0.29) is 29.7 Å². The Balaban J connectivity index is 1.83. The number of aryl methyl sites for hydroxylation is 1. The number of rotatable bonds is 15. The number of nitrogens with zero attached hydrogens (tertiary/aromatic N) is 1. The second kappa shape index (κ2) is 15.2. The topological polar surface area (TPSA) is 105 Å². The molecule has 3 rings (SSSR count). The van der Waals surface area contributed by atoms with Crippen LogP contribution in [0.5, 0.6) is 0 Å². The highest BCUT2D eigenvalue weighted by molar-refractivity contribution is 7.89. The van der Waals surface area contributed by atoms with Crippen LogP contribution in [-0.2, 0) is 43.7 Å². The van der Waals surface area contributed by atoms with E-state index in [1.807, 2.05) is 60.7 Å². The van der Waals surface area contributed by atoms with Gasteiger partial charge in [-0.15, -0.1) is 0 Å². The number of ether oxygens (including phenoxy) is 1. The molecule has 0 aliphatic heterocycles. The monoisotopic (exact) mass is 551 g/mol. The molecular weight excluding hydrogens is 514 g/mol. The number of carbonyl (C=O) groups is 2. The third-order valence-electron chi connectivity index (χ3n) is 6.27. The normalized spacial score (nSPS) is 12.1. The van der Waals surface area contributed by atoms with E-state index in [1.54, 1.807) is 43.2 Å². The van der Waals surface area contributed by atoms with Gasteiger partial charge in [-0.3, -0.25) is 9.59 Å². The molecule has 2 N–H and O–H groups in total. The highest BCUT2D eigenvalue weighted by Crippen LogP contribution is 2.18. The van der Waals surface area contributed by atoms with Crippen LogP contribution < -0.4 is 10.0 Å². The lowest BCUT2D eigenvalue weighted by molar-refractivity contribution is -0.141. The number of nitrogens with one attached hydrogen (secondary N) is 2. The fraction of sp³-hybridized carbons (Fsp3) is 0.333. The summed E-state index contributed by atoms with van der Waals surface area (Å²) in [5.74, 6) is -0.399. The van der Waals surface area contributed by atoms with Gasteiger partial charge in [0, 0.05) is 39.6 Å². The van der Waals surface area contributed by atoms with E-state index < -0.39 is 16.1 Å². The summed E-state index contributed by atoms with van der Waals surface area (Å²) in [5, 5.41) is 2.91. The third kappa shape index (κ3) is 9.31. The van der Waals surface area contributed by atoms with Crippen molar-refractivity contribution < 1.29 is 22.7 Å². The summed E-state index contributed by atoms with van der Waals surface area (Å²) in [6.45, 7) is 3.03. The molecular formula is C30H37N3O5S. The zero-order valence-corrected chi connectivity index (χ0v) is 23.3. The molecule has 0 aliphatic rings. The molecule has 0 fully saturated rings. The van der Waals surface area contributed by atoms with Crippen molar-refractivity contribution in [3.05, 3.63) is 102 Å². The highest BCUT2D eigenvalue weighted by atomic mass is 32.2. The van der Waals surface area contributed by atoms with E-state index in [9.17, 15) is 18.0 Å². The SMILES string of the molecule is CCNS(=O)(=O)c1ccc(CCC(=O)N(Cc2ccccc2)C(Cc2ccccc2)C(=O)NCCOC)cc1. The Kier molecular flexibility index (Phi) is 11.7. The molecule has 0 saturated heterocycles. The van der Waals surface area contributed by atoms with E-state index in [0.717, 1.165) is 16.7 Å². The predicted octanol–water partition coefficient (Wildman–Crippen LogP) is 3.32. The van der Waals surface area contributed by atoms with Crippen LogP contribution in [-0.4, -0.2) is 58.0 Å². The first-order valence-corrected chi connectivity index (χ1v) is 14.5. The molecule has 3 aromatic carbocycles. The lowest BCUT2D eigenvalue weighted by Crippen LogP contribution is -2.51. The fourth-order valence-corrected chi connectivity index (χ4v) is 5.27. The molecule has 2 amide bonds. The van der Waals surface area contributed by atoms with Crippen LogP contribution in [0.2, 0.25) is 0 Å². The molecule has 208 valence electrons. The molecule has 0 bridgehead atoms. The van der Waals surface area contributed by atoms with Gasteiger partial charge in [0.25, 0.3) is 0 Å². The molecule has 9 heteroatoms. The van der Waals surface area contributed by atoms with E-state index in [2.05, 4.69) is 10.0 Å². The first kappa shape index (κ1) is 30.0. The van der Waals surface area contributed by atoms with E-state index in [4.69, 9.17) is 4.74 Å². The van der Waals surface area contributed by atoms with Crippen LogP contribution in [0.3, 0.4) is 0 Å². The molecule has 3 aromatic rings. The second-order valence-corrected chi connectivity index (χ2v) is 10.9. The van der Waals surface area contributed by atoms with Gasteiger partial charge >= 0.3 is 0 Å². The van der Waals surface area contributed by atoms with Gasteiger partial charge in [-0.2, -0.15) is 0 Å².